The van der Waals surface area contributed by atoms with E-state index in [0.29, 0.717) is 51.9 Å². The molecule has 0 aromatic carbocycles. The Morgan fingerprint density at radius 1 is 1.25 bits per heavy atom. The molecule has 5 rings (SSSR count). The molecule has 1 saturated carbocycles. The van der Waals surface area contributed by atoms with Gasteiger partial charge in [0, 0.05) is 31.0 Å². The first-order chi connectivity index (χ1) is 19.2. The lowest BCUT2D eigenvalue weighted by Gasteiger charge is -2.33. The van der Waals surface area contributed by atoms with Crippen LogP contribution in [0.15, 0.2) is 59.5 Å². The molecular formula is C30H32N6O3S. The molecular weight excluding hydrogens is 524 g/mol. The van der Waals surface area contributed by atoms with Crippen molar-refractivity contribution in [2.24, 2.45) is 5.92 Å². The van der Waals surface area contributed by atoms with E-state index in [2.05, 4.69) is 28.3 Å². The van der Waals surface area contributed by atoms with Crippen molar-refractivity contribution in [1.29, 1.82) is 5.26 Å². The summed E-state index contributed by atoms with van der Waals surface area (Å²) < 4.78 is 0. The minimum absolute atomic E-state index is 0.183. The molecule has 0 radical (unpaired) electrons. The fourth-order valence-electron chi connectivity index (χ4n) is 5.03. The number of urea groups is 1. The molecule has 1 aliphatic carbocycles. The van der Waals surface area contributed by atoms with Gasteiger partial charge in [-0.3, -0.25) is 14.5 Å². The van der Waals surface area contributed by atoms with E-state index >= 15 is 0 Å². The minimum atomic E-state index is -0.365. The van der Waals surface area contributed by atoms with Crippen LogP contribution in [0.2, 0.25) is 0 Å². The summed E-state index contributed by atoms with van der Waals surface area (Å²) in [5, 5.41) is 16.2. The average molecular weight is 557 g/mol. The molecule has 40 heavy (non-hydrogen) atoms. The lowest BCUT2D eigenvalue weighted by Crippen LogP contribution is -2.50. The number of rotatable bonds is 7. The summed E-state index contributed by atoms with van der Waals surface area (Å²) in [5.74, 6) is -0.277. The molecule has 2 aromatic rings. The largest absolute Gasteiger partial charge is 0.347 e. The number of amides is 4. The Bertz CT molecular complexity index is 1550. The molecule has 9 nitrogen and oxygen atoms in total. The van der Waals surface area contributed by atoms with Crippen molar-refractivity contribution in [2.75, 3.05) is 23.3 Å². The smallest absolute Gasteiger partial charge is 0.331 e. The Labute approximate surface area is 237 Å². The summed E-state index contributed by atoms with van der Waals surface area (Å²) in [6, 6.07) is 3.20. The maximum Gasteiger partial charge on any atom is 0.331 e. The molecule has 1 atom stereocenters. The Hall–Kier alpha value is -4.23. The van der Waals surface area contributed by atoms with Crippen LogP contribution < -0.4 is 15.5 Å². The van der Waals surface area contributed by atoms with E-state index in [1.54, 1.807) is 28.1 Å². The average Bonchev–Trinajstić information content (AvgIpc) is 3.67. The van der Waals surface area contributed by atoms with Crippen LogP contribution in [-0.2, 0) is 4.79 Å². The first kappa shape index (κ1) is 27.3. The summed E-state index contributed by atoms with van der Waals surface area (Å²) in [5.41, 5.74) is 3.80. The third kappa shape index (κ3) is 5.42. The monoisotopic (exact) mass is 556 g/mol. The number of nitrogens with zero attached hydrogens (tertiary/aromatic N) is 4. The topological polar surface area (TPSA) is 118 Å². The third-order valence-corrected chi connectivity index (χ3v) is 8.25. The number of nitrogens with one attached hydrogen (secondary N) is 2. The lowest BCUT2D eigenvalue weighted by molar-refractivity contribution is -0.128. The molecule has 2 aliphatic heterocycles. The van der Waals surface area contributed by atoms with Gasteiger partial charge in [0.15, 0.2) is 0 Å². The zero-order chi connectivity index (χ0) is 28.6. The molecule has 0 bridgehead atoms. The first-order valence-electron chi connectivity index (χ1n) is 13.4. The van der Waals surface area contributed by atoms with Gasteiger partial charge in [-0.2, -0.15) is 5.26 Å². The highest BCUT2D eigenvalue weighted by Crippen LogP contribution is 2.45. The van der Waals surface area contributed by atoms with Gasteiger partial charge in [-0.05, 0) is 64.5 Å². The highest BCUT2D eigenvalue weighted by molar-refractivity contribution is 7.21. The van der Waals surface area contributed by atoms with E-state index in [1.165, 1.54) is 11.3 Å². The Morgan fingerprint density at radius 3 is 2.70 bits per heavy atom. The number of allylic oxidation sites excluding steroid dienone is 5. The van der Waals surface area contributed by atoms with Gasteiger partial charge >= 0.3 is 6.03 Å². The molecule has 1 saturated heterocycles. The van der Waals surface area contributed by atoms with E-state index in [9.17, 15) is 19.6 Å². The molecule has 10 heteroatoms. The third-order valence-electron chi connectivity index (χ3n) is 7.15. The molecule has 206 valence electrons. The fourth-order valence-corrected chi connectivity index (χ4v) is 6.05. The van der Waals surface area contributed by atoms with Crippen LogP contribution in [0.5, 0.6) is 0 Å². The number of hydrogen-bond acceptors (Lipinski definition) is 6. The summed E-state index contributed by atoms with van der Waals surface area (Å²) in [7, 11) is 0. The summed E-state index contributed by atoms with van der Waals surface area (Å²) in [4.78, 5) is 48.7. The second-order valence-corrected chi connectivity index (χ2v) is 11.7. The number of carbonyl (C=O) groups excluding carboxylic acids is 3. The van der Waals surface area contributed by atoms with Crippen LogP contribution in [0.4, 0.5) is 16.2 Å². The summed E-state index contributed by atoms with van der Waals surface area (Å²) in [6.07, 6.45) is 10.6. The van der Waals surface area contributed by atoms with Crippen LogP contribution in [0.25, 0.3) is 10.2 Å². The van der Waals surface area contributed by atoms with E-state index in [1.807, 2.05) is 32.9 Å². The summed E-state index contributed by atoms with van der Waals surface area (Å²) in [6.45, 7) is 10.6. The number of piperidine rings is 1. The van der Waals surface area contributed by atoms with E-state index in [0.717, 1.165) is 36.1 Å². The number of aromatic nitrogens is 1. The van der Waals surface area contributed by atoms with Crippen molar-refractivity contribution in [3.05, 3.63) is 64.4 Å². The van der Waals surface area contributed by atoms with Crippen LogP contribution in [0.3, 0.4) is 0 Å². The van der Waals surface area contributed by atoms with E-state index in [4.69, 9.17) is 0 Å². The normalized spacial score (nSPS) is 18.9. The molecule has 0 spiro atoms. The summed E-state index contributed by atoms with van der Waals surface area (Å²) >= 11 is 1.23. The molecule has 4 heterocycles. The minimum Gasteiger partial charge on any atom is -0.347 e. The molecule has 2 aromatic heterocycles. The number of anilines is 2. The number of carbonyl (C=O) groups is 3. The van der Waals surface area contributed by atoms with Crippen LogP contribution in [-0.4, -0.2) is 46.9 Å². The van der Waals surface area contributed by atoms with Gasteiger partial charge in [0.05, 0.1) is 16.8 Å². The Kier molecular flexibility index (Phi) is 7.59. The van der Waals surface area contributed by atoms with Crippen molar-refractivity contribution in [3.63, 3.8) is 0 Å². The van der Waals surface area contributed by atoms with Gasteiger partial charge < -0.3 is 15.5 Å². The van der Waals surface area contributed by atoms with Crippen LogP contribution >= 0.6 is 11.3 Å². The number of nitriles is 1. The highest BCUT2D eigenvalue weighted by Gasteiger charge is 2.35. The number of pyridine rings is 1. The van der Waals surface area contributed by atoms with Gasteiger partial charge in [0.25, 0.3) is 11.8 Å². The number of hydrogen-bond donors (Lipinski definition) is 2. The predicted molar refractivity (Wildman–Crippen MR) is 157 cm³/mol. The van der Waals surface area contributed by atoms with Crippen molar-refractivity contribution >= 4 is 50.8 Å². The quantitative estimate of drug-likeness (QED) is 0.259. The van der Waals surface area contributed by atoms with Crippen molar-refractivity contribution < 1.29 is 14.4 Å². The zero-order valence-corrected chi connectivity index (χ0v) is 23.7. The molecule has 1 unspecified atom stereocenters. The maximum atomic E-state index is 13.5. The second kappa shape index (κ2) is 11.1. The maximum absolute atomic E-state index is 13.5. The van der Waals surface area contributed by atoms with Gasteiger partial charge in [0.2, 0.25) is 0 Å². The second-order valence-electron chi connectivity index (χ2n) is 10.7. The molecule has 2 N–H and O–H groups in total. The molecule has 3 aliphatic rings. The van der Waals surface area contributed by atoms with E-state index in [-0.39, 0.29) is 29.5 Å². The van der Waals surface area contributed by atoms with Gasteiger partial charge in [-0.25, -0.2) is 9.78 Å². The Morgan fingerprint density at radius 2 is 2.02 bits per heavy atom. The van der Waals surface area contributed by atoms with Gasteiger partial charge in [-0.15, -0.1) is 11.3 Å². The zero-order valence-electron chi connectivity index (χ0n) is 22.9. The lowest BCUT2D eigenvalue weighted by atomic mass is 10.0. The fraction of sp³-hybridized carbons (Fsp3) is 0.367. The standard InChI is InChI=1S/C30H32N6O3S/c1-17(2)7-10-22(18(3)4)36-23-11-12-32-28-24(23)25(34-30(36)39)26(40-28)27(37)33-21-6-5-13-35(16-21)29(38)20(15-31)14-19-8-9-19/h7,10-12,14,19,21H,1,5-6,8-9,13,16H2,2-4H3,(H,33,37)(H,34,39)/b10-7-,20-14+. The van der Waals surface area contributed by atoms with Crippen molar-refractivity contribution in [3.8, 4) is 6.07 Å². The molecule has 4 amide bonds. The van der Waals surface area contributed by atoms with Gasteiger partial charge in [0.1, 0.15) is 21.3 Å². The first-order valence-corrected chi connectivity index (χ1v) is 14.2. The SMILES string of the molecule is C=C(C)/C=C\C(=C(C)C)N1C(=O)Nc2c(C(=O)NC3CCCN(C(=O)/C(C#N)=C/C4CC4)C3)sc3nccc1c23. The van der Waals surface area contributed by atoms with Crippen LogP contribution in [0, 0.1) is 17.2 Å². The van der Waals surface area contributed by atoms with Crippen molar-refractivity contribution in [1.82, 2.24) is 15.2 Å². The van der Waals surface area contributed by atoms with Gasteiger partial charge in [-0.1, -0.05) is 29.9 Å². The highest BCUT2D eigenvalue weighted by atomic mass is 32.1. The number of likely N-dealkylation sites (tertiary alicyclic amines) is 1. The van der Waals surface area contributed by atoms with Crippen molar-refractivity contribution in [2.45, 2.75) is 52.5 Å². The predicted octanol–water partition coefficient (Wildman–Crippen LogP) is 5.66. The van der Waals surface area contributed by atoms with Crippen LogP contribution in [0.1, 0.15) is 56.1 Å². The Balaban J connectivity index is 1.40. The molecule has 2 fully saturated rings. The van der Waals surface area contributed by atoms with E-state index < -0.39 is 0 Å². The number of thiophene rings is 1.